The standard InChI is InChI=1S/C15H16N2O2/c1-10-4-11(2)6-13(5-10)17(3)15(19)12-7-14(18)9-16-8-12/h4-9,18H,1-3H3. The van der Waals surface area contributed by atoms with Gasteiger partial charge < -0.3 is 10.0 Å². The normalized spacial score (nSPS) is 10.3. The summed E-state index contributed by atoms with van der Waals surface area (Å²) >= 11 is 0. The van der Waals surface area contributed by atoms with Gasteiger partial charge in [0.15, 0.2) is 0 Å². The number of aryl methyl sites for hydroxylation is 2. The van der Waals surface area contributed by atoms with Gasteiger partial charge in [0.25, 0.3) is 5.91 Å². The van der Waals surface area contributed by atoms with Gasteiger partial charge in [0.1, 0.15) is 5.75 Å². The number of carbonyl (C=O) groups excluding carboxylic acids is 1. The van der Waals surface area contributed by atoms with Gasteiger partial charge in [0.2, 0.25) is 0 Å². The molecular formula is C15H16N2O2. The molecule has 0 saturated carbocycles. The Balaban J connectivity index is 2.33. The van der Waals surface area contributed by atoms with Crippen LogP contribution < -0.4 is 4.90 Å². The molecule has 1 N–H and O–H groups in total. The molecule has 0 aliphatic heterocycles. The van der Waals surface area contributed by atoms with Crippen molar-refractivity contribution in [3.8, 4) is 5.75 Å². The quantitative estimate of drug-likeness (QED) is 0.898. The Morgan fingerprint density at radius 2 is 1.74 bits per heavy atom. The van der Waals surface area contributed by atoms with Gasteiger partial charge in [-0.25, -0.2) is 0 Å². The average Bonchev–Trinajstić information content (AvgIpc) is 2.36. The number of hydrogen-bond donors (Lipinski definition) is 1. The van der Waals surface area contributed by atoms with E-state index in [0.717, 1.165) is 16.8 Å². The van der Waals surface area contributed by atoms with Gasteiger partial charge in [-0.05, 0) is 43.2 Å². The summed E-state index contributed by atoms with van der Waals surface area (Å²) in [6.07, 6.45) is 2.74. The number of benzene rings is 1. The van der Waals surface area contributed by atoms with E-state index < -0.39 is 0 Å². The fraction of sp³-hybridized carbons (Fsp3) is 0.200. The first kappa shape index (κ1) is 13.1. The summed E-state index contributed by atoms with van der Waals surface area (Å²) in [7, 11) is 1.71. The number of pyridine rings is 1. The topological polar surface area (TPSA) is 53.4 Å². The number of amides is 1. The Morgan fingerprint density at radius 3 is 2.32 bits per heavy atom. The lowest BCUT2D eigenvalue weighted by molar-refractivity contribution is 0.0992. The summed E-state index contributed by atoms with van der Waals surface area (Å²) in [5.74, 6) is -0.215. The molecule has 0 fully saturated rings. The van der Waals surface area contributed by atoms with Crippen LogP contribution in [0.2, 0.25) is 0 Å². The van der Waals surface area contributed by atoms with Gasteiger partial charge >= 0.3 is 0 Å². The molecule has 4 nitrogen and oxygen atoms in total. The number of nitrogens with zero attached hydrogens (tertiary/aromatic N) is 2. The van der Waals surface area contributed by atoms with Crippen molar-refractivity contribution in [2.45, 2.75) is 13.8 Å². The third-order valence-electron chi connectivity index (χ3n) is 2.87. The SMILES string of the molecule is Cc1cc(C)cc(N(C)C(=O)c2cncc(O)c2)c1. The zero-order valence-electron chi connectivity index (χ0n) is 11.2. The molecule has 2 aromatic rings. The Kier molecular flexibility index (Phi) is 3.51. The average molecular weight is 256 g/mol. The maximum atomic E-state index is 12.3. The van der Waals surface area contributed by atoms with Crippen molar-refractivity contribution >= 4 is 11.6 Å². The van der Waals surface area contributed by atoms with E-state index in [1.165, 1.54) is 18.5 Å². The van der Waals surface area contributed by atoms with E-state index >= 15 is 0 Å². The largest absolute Gasteiger partial charge is 0.506 e. The van der Waals surface area contributed by atoms with E-state index in [9.17, 15) is 9.90 Å². The Labute approximate surface area is 112 Å². The first-order valence-electron chi connectivity index (χ1n) is 5.98. The van der Waals surface area contributed by atoms with Crippen molar-refractivity contribution in [2.75, 3.05) is 11.9 Å². The molecule has 0 unspecified atom stereocenters. The molecule has 0 aliphatic carbocycles. The molecular weight excluding hydrogens is 240 g/mol. The van der Waals surface area contributed by atoms with Gasteiger partial charge in [-0.2, -0.15) is 0 Å². The molecule has 1 amide bonds. The zero-order chi connectivity index (χ0) is 14.0. The highest BCUT2D eigenvalue weighted by Crippen LogP contribution is 2.20. The molecule has 19 heavy (non-hydrogen) atoms. The van der Waals surface area contributed by atoms with E-state index in [-0.39, 0.29) is 11.7 Å². The van der Waals surface area contributed by atoms with Crippen LogP contribution in [0.15, 0.2) is 36.7 Å². The minimum Gasteiger partial charge on any atom is -0.506 e. The molecule has 1 aromatic heterocycles. The van der Waals surface area contributed by atoms with Gasteiger partial charge in [-0.15, -0.1) is 0 Å². The molecule has 0 aliphatic rings. The van der Waals surface area contributed by atoms with E-state index in [4.69, 9.17) is 0 Å². The highest BCUT2D eigenvalue weighted by atomic mass is 16.3. The van der Waals surface area contributed by atoms with E-state index in [1.54, 1.807) is 11.9 Å². The summed E-state index contributed by atoms with van der Waals surface area (Å²) < 4.78 is 0. The van der Waals surface area contributed by atoms with Crippen LogP contribution >= 0.6 is 0 Å². The van der Waals surface area contributed by atoms with Crippen molar-refractivity contribution in [2.24, 2.45) is 0 Å². The first-order chi connectivity index (χ1) is 8.97. The van der Waals surface area contributed by atoms with Crippen molar-refractivity contribution in [1.82, 2.24) is 4.98 Å². The second kappa shape index (κ2) is 5.10. The number of anilines is 1. The first-order valence-corrected chi connectivity index (χ1v) is 5.98. The van der Waals surface area contributed by atoms with Crippen LogP contribution in [0.5, 0.6) is 5.75 Å². The van der Waals surface area contributed by atoms with Crippen LogP contribution in [0.1, 0.15) is 21.5 Å². The third-order valence-corrected chi connectivity index (χ3v) is 2.87. The maximum Gasteiger partial charge on any atom is 0.259 e. The minimum atomic E-state index is -0.201. The molecule has 1 heterocycles. The van der Waals surface area contributed by atoms with Crippen molar-refractivity contribution in [3.05, 3.63) is 53.3 Å². The summed E-state index contributed by atoms with van der Waals surface area (Å²) in [4.78, 5) is 17.7. The second-order valence-corrected chi connectivity index (χ2v) is 4.64. The second-order valence-electron chi connectivity index (χ2n) is 4.64. The van der Waals surface area contributed by atoms with Crippen LogP contribution in [0.25, 0.3) is 0 Å². The van der Waals surface area contributed by atoms with Gasteiger partial charge in [-0.3, -0.25) is 9.78 Å². The van der Waals surface area contributed by atoms with Crippen LogP contribution in [0, 0.1) is 13.8 Å². The lowest BCUT2D eigenvalue weighted by Crippen LogP contribution is -2.26. The van der Waals surface area contributed by atoms with Crippen LogP contribution in [-0.2, 0) is 0 Å². The predicted octanol–water partition coefficient (Wildman–Crippen LogP) is 2.68. The maximum absolute atomic E-state index is 12.3. The van der Waals surface area contributed by atoms with Gasteiger partial charge in [-0.1, -0.05) is 6.07 Å². The fourth-order valence-electron chi connectivity index (χ4n) is 2.00. The van der Waals surface area contributed by atoms with E-state index in [2.05, 4.69) is 11.1 Å². The van der Waals surface area contributed by atoms with E-state index in [1.807, 2.05) is 26.0 Å². The molecule has 0 radical (unpaired) electrons. The van der Waals surface area contributed by atoms with Gasteiger partial charge in [0, 0.05) is 18.9 Å². The van der Waals surface area contributed by atoms with Crippen molar-refractivity contribution < 1.29 is 9.90 Å². The van der Waals surface area contributed by atoms with Crippen molar-refractivity contribution in [1.29, 1.82) is 0 Å². The lowest BCUT2D eigenvalue weighted by atomic mass is 10.1. The minimum absolute atomic E-state index is 0.0142. The Hall–Kier alpha value is -2.36. The molecule has 0 bridgehead atoms. The smallest absolute Gasteiger partial charge is 0.259 e. The number of aromatic hydroxyl groups is 1. The summed E-state index contributed by atoms with van der Waals surface area (Å²) in [5, 5.41) is 9.37. The molecule has 4 heteroatoms. The Bertz CT molecular complexity index is 603. The monoisotopic (exact) mass is 256 g/mol. The van der Waals surface area contributed by atoms with E-state index in [0.29, 0.717) is 5.56 Å². The van der Waals surface area contributed by atoms with Crippen molar-refractivity contribution in [3.63, 3.8) is 0 Å². The molecule has 0 atom stereocenters. The molecule has 0 saturated heterocycles. The molecule has 0 spiro atoms. The lowest BCUT2D eigenvalue weighted by Gasteiger charge is -2.18. The highest BCUT2D eigenvalue weighted by Gasteiger charge is 2.14. The van der Waals surface area contributed by atoms with Crippen LogP contribution in [0.4, 0.5) is 5.69 Å². The summed E-state index contributed by atoms with van der Waals surface area (Å²) in [6.45, 7) is 3.98. The van der Waals surface area contributed by atoms with Crippen LogP contribution in [0.3, 0.4) is 0 Å². The fourth-order valence-corrected chi connectivity index (χ4v) is 2.00. The number of hydrogen-bond acceptors (Lipinski definition) is 3. The molecule has 98 valence electrons. The third kappa shape index (κ3) is 2.91. The van der Waals surface area contributed by atoms with Crippen LogP contribution in [-0.4, -0.2) is 23.0 Å². The highest BCUT2D eigenvalue weighted by molar-refractivity contribution is 6.05. The number of carbonyl (C=O) groups is 1. The molecule has 1 aromatic carbocycles. The van der Waals surface area contributed by atoms with Gasteiger partial charge in [0.05, 0.1) is 11.8 Å². The predicted molar refractivity (Wildman–Crippen MR) is 74.6 cm³/mol. The Morgan fingerprint density at radius 1 is 1.11 bits per heavy atom. The summed E-state index contributed by atoms with van der Waals surface area (Å²) in [6, 6.07) is 7.36. The summed E-state index contributed by atoms with van der Waals surface area (Å²) in [5.41, 5.74) is 3.39. The zero-order valence-corrected chi connectivity index (χ0v) is 11.2. The number of aromatic nitrogens is 1. The molecule has 2 rings (SSSR count). The number of rotatable bonds is 2.